The first-order valence-electron chi connectivity index (χ1n) is 4.60. The second kappa shape index (κ2) is 2.32. The third kappa shape index (κ3) is 0.961. The molecule has 0 atom stereocenters. The van der Waals surface area contributed by atoms with Crippen LogP contribution in [0.2, 0.25) is 0 Å². The summed E-state index contributed by atoms with van der Waals surface area (Å²) in [6, 6.07) is 0. The van der Waals surface area contributed by atoms with Crippen molar-refractivity contribution in [2.24, 2.45) is 0 Å². The molecule has 1 heteroatoms. The second-order valence-electron chi connectivity index (χ2n) is 3.99. The van der Waals surface area contributed by atoms with Gasteiger partial charge < -0.3 is 0 Å². The van der Waals surface area contributed by atoms with Crippen LogP contribution in [0.25, 0.3) is 0 Å². The van der Waals surface area contributed by atoms with Crippen molar-refractivity contribution in [2.75, 3.05) is 0 Å². The van der Waals surface area contributed by atoms with Crippen molar-refractivity contribution in [3.63, 3.8) is 0 Å². The maximum atomic E-state index is 4.51. The molecule has 0 amide bonds. The summed E-state index contributed by atoms with van der Waals surface area (Å²) in [6.45, 7) is 8.83. The van der Waals surface area contributed by atoms with Gasteiger partial charge in [0.2, 0.25) is 0 Å². The lowest BCUT2D eigenvalue weighted by Crippen LogP contribution is -1.96. The van der Waals surface area contributed by atoms with Gasteiger partial charge in [0.25, 0.3) is 0 Å². The highest BCUT2D eigenvalue weighted by molar-refractivity contribution is 5.52. The smallest absolute Gasteiger partial charge is 0.0490 e. The van der Waals surface area contributed by atoms with Crippen molar-refractivity contribution < 1.29 is 0 Å². The highest BCUT2D eigenvalue weighted by atomic mass is 14.8. The van der Waals surface area contributed by atoms with Crippen LogP contribution in [-0.4, -0.2) is 4.98 Å². The van der Waals surface area contributed by atoms with Gasteiger partial charge in [-0.15, -0.1) is 0 Å². The van der Waals surface area contributed by atoms with Crippen molar-refractivity contribution in [3.8, 4) is 0 Å². The van der Waals surface area contributed by atoms with Crippen molar-refractivity contribution in [1.29, 1.82) is 0 Å². The zero-order valence-electron chi connectivity index (χ0n) is 8.23. The predicted octanol–water partition coefficient (Wildman–Crippen LogP) is 2.73. The molecule has 12 heavy (non-hydrogen) atoms. The van der Waals surface area contributed by atoms with Crippen LogP contribution in [0, 0.1) is 13.8 Å². The summed E-state index contributed by atoms with van der Waals surface area (Å²) in [5.74, 6) is 0.656. The minimum Gasteiger partial charge on any atom is -0.257 e. The quantitative estimate of drug-likeness (QED) is 0.626. The van der Waals surface area contributed by atoms with Crippen molar-refractivity contribution >= 4 is 0 Å². The Morgan fingerprint density at radius 3 is 2.50 bits per heavy atom. The number of pyridine rings is 1. The monoisotopic (exact) mass is 161 g/mol. The Morgan fingerprint density at radius 2 is 1.92 bits per heavy atom. The van der Waals surface area contributed by atoms with E-state index in [1.54, 1.807) is 5.56 Å². The molecule has 1 aliphatic carbocycles. The van der Waals surface area contributed by atoms with Gasteiger partial charge in [-0.25, -0.2) is 0 Å². The fourth-order valence-corrected chi connectivity index (χ4v) is 1.97. The Balaban J connectivity index is 2.62. The normalized spacial score (nSPS) is 13.4. The van der Waals surface area contributed by atoms with E-state index in [1.165, 1.54) is 22.5 Å². The van der Waals surface area contributed by atoms with Gasteiger partial charge in [0.05, 0.1) is 0 Å². The predicted molar refractivity (Wildman–Crippen MR) is 50.6 cm³/mol. The van der Waals surface area contributed by atoms with E-state index in [-0.39, 0.29) is 0 Å². The number of hydrogen-bond donors (Lipinski definition) is 0. The summed E-state index contributed by atoms with van der Waals surface area (Å²) in [6.07, 6.45) is 1.14. The van der Waals surface area contributed by atoms with E-state index in [0.717, 1.165) is 6.42 Å². The molecule has 0 radical (unpaired) electrons. The molecule has 0 bridgehead atoms. The molecule has 0 saturated carbocycles. The number of aromatic nitrogens is 1. The largest absolute Gasteiger partial charge is 0.257 e. The first-order chi connectivity index (χ1) is 5.61. The highest BCUT2D eigenvalue weighted by Gasteiger charge is 2.26. The van der Waals surface area contributed by atoms with Crippen molar-refractivity contribution in [1.82, 2.24) is 4.98 Å². The molecule has 0 unspecified atom stereocenters. The minimum atomic E-state index is 0.656. The van der Waals surface area contributed by atoms with Crippen LogP contribution >= 0.6 is 0 Å². The summed E-state index contributed by atoms with van der Waals surface area (Å²) in [5, 5.41) is 0. The van der Waals surface area contributed by atoms with E-state index in [2.05, 4.69) is 32.7 Å². The molecule has 1 aromatic rings. The SMILES string of the molecule is Cc1nc2c(c(C(C)C)c1C)C2. The fraction of sp³-hybridized carbons (Fsp3) is 0.545. The molecule has 1 heterocycles. The van der Waals surface area contributed by atoms with Crippen LogP contribution in [0.5, 0.6) is 0 Å². The summed E-state index contributed by atoms with van der Waals surface area (Å²) in [7, 11) is 0. The van der Waals surface area contributed by atoms with Crippen LogP contribution in [0.1, 0.15) is 47.8 Å². The second-order valence-corrected chi connectivity index (χ2v) is 3.99. The van der Waals surface area contributed by atoms with E-state index in [0.29, 0.717) is 5.92 Å². The van der Waals surface area contributed by atoms with E-state index in [9.17, 15) is 0 Å². The van der Waals surface area contributed by atoms with Crippen LogP contribution in [0.4, 0.5) is 0 Å². The standard InChI is InChI=1S/C11H15N/c1-6(2)11-7(3)8(4)12-10-5-9(10)11/h6H,5H2,1-4H3. The number of rotatable bonds is 1. The number of hydrogen-bond acceptors (Lipinski definition) is 1. The zero-order chi connectivity index (χ0) is 8.88. The van der Waals surface area contributed by atoms with E-state index >= 15 is 0 Å². The molecule has 2 rings (SSSR count). The van der Waals surface area contributed by atoms with Crippen LogP contribution in [0.3, 0.4) is 0 Å². The van der Waals surface area contributed by atoms with Gasteiger partial charge in [-0.1, -0.05) is 13.8 Å². The van der Waals surface area contributed by atoms with E-state index < -0.39 is 0 Å². The van der Waals surface area contributed by atoms with Crippen molar-refractivity contribution in [3.05, 3.63) is 28.1 Å². The highest BCUT2D eigenvalue weighted by Crippen LogP contribution is 2.36. The third-order valence-corrected chi connectivity index (χ3v) is 2.72. The Hall–Kier alpha value is -0.850. The Labute approximate surface area is 73.8 Å². The van der Waals surface area contributed by atoms with Gasteiger partial charge >= 0.3 is 0 Å². The Bertz CT molecular complexity index is 337. The maximum absolute atomic E-state index is 4.51. The summed E-state index contributed by atoms with van der Waals surface area (Å²) in [4.78, 5) is 4.51. The van der Waals surface area contributed by atoms with Gasteiger partial charge in [-0.3, -0.25) is 4.98 Å². The van der Waals surface area contributed by atoms with E-state index in [4.69, 9.17) is 0 Å². The first kappa shape index (κ1) is 7.78. The molecule has 0 spiro atoms. The molecule has 1 nitrogen and oxygen atoms in total. The average molecular weight is 161 g/mol. The van der Waals surface area contributed by atoms with Gasteiger partial charge in [0, 0.05) is 17.8 Å². The molecule has 1 aromatic heterocycles. The van der Waals surface area contributed by atoms with Crippen molar-refractivity contribution in [2.45, 2.75) is 40.0 Å². The molecule has 0 aromatic carbocycles. The summed E-state index contributed by atoms with van der Waals surface area (Å²) >= 11 is 0. The summed E-state index contributed by atoms with van der Waals surface area (Å²) in [5.41, 5.74) is 7.03. The molecule has 64 valence electrons. The Morgan fingerprint density at radius 1 is 1.25 bits per heavy atom. The topological polar surface area (TPSA) is 12.9 Å². The van der Waals surface area contributed by atoms with Crippen LogP contribution in [-0.2, 0) is 6.42 Å². The molecular weight excluding hydrogens is 146 g/mol. The lowest BCUT2D eigenvalue weighted by Gasteiger charge is -2.10. The number of fused-ring (bicyclic) bond motifs is 1. The van der Waals surface area contributed by atoms with Gasteiger partial charge in [0.15, 0.2) is 0 Å². The lowest BCUT2D eigenvalue weighted by atomic mass is 9.97. The average Bonchev–Trinajstić information content (AvgIpc) is 2.67. The molecule has 1 aliphatic rings. The summed E-state index contributed by atoms with van der Waals surface area (Å²) < 4.78 is 0. The minimum absolute atomic E-state index is 0.656. The Kier molecular flexibility index (Phi) is 1.50. The molecule has 0 aliphatic heterocycles. The number of aryl methyl sites for hydroxylation is 1. The van der Waals surface area contributed by atoms with Gasteiger partial charge in [-0.2, -0.15) is 0 Å². The van der Waals surface area contributed by atoms with Gasteiger partial charge in [-0.05, 0) is 36.5 Å². The van der Waals surface area contributed by atoms with Gasteiger partial charge in [0.1, 0.15) is 0 Å². The lowest BCUT2D eigenvalue weighted by molar-refractivity contribution is 0.847. The maximum Gasteiger partial charge on any atom is 0.0490 e. The van der Waals surface area contributed by atoms with E-state index in [1.807, 2.05) is 0 Å². The molecule has 0 fully saturated rings. The number of nitrogens with zero attached hydrogens (tertiary/aromatic N) is 1. The van der Waals surface area contributed by atoms with Crippen LogP contribution < -0.4 is 0 Å². The third-order valence-electron chi connectivity index (χ3n) is 2.72. The molecule has 0 N–H and O–H groups in total. The zero-order valence-corrected chi connectivity index (χ0v) is 8.23. The molecule has 0 saturated heterocycles. The van der Waals surface area contributed by atoms with Crippen LogP contribution in [0.15, 0.2) is 0 Å². The first-order valence-corrected chi connectivity index (χ1v) is 4.60. The molecular formula is C11H15N. The fourth-order valence-electron chi connectivity index (χ4n) is 1.97.